The highest BCUT2D eigenvalue weighted by molar-refractivity contribution is 6.31. The molecule has 1 aromatic rings. The molecule has 104 valence electrons. The molecule has 1 heterocycles. The molecule has 2 aliphatic rings. The fraction of sp³-hybridized carbons (Fsp3) is 0.286. The summed E-state index contributed by atoms with van der Waals surface area (Å²) in [6.07, 6.45) is 4.31. The van der Waals surface area contributed by atoms with Gasteiger partial charge in [-0.15, -0.1) is 0 Å². The zero-order chi connectivity index (χ0) is 14.4. The molecule has 1 unspecified atom stereocenters. The summed E-state index contributed by atoms with van der Waals surface area (Å²) in [5.74, 6) is 0.219. The van der Waals surface area contributed by atoms with Crippen LogP contribution in [0.5, 0.6) is 17.2 Å². The first-order valence-electron chi connectivity index (χ1n) is 6.33. The van der Waals surface area contributed by atoms with E-state index in [1.807, 2.05) is 6.92 Å². The molecule has 0 amide bonds. The summed E-state index contributed by atoms with van der Waals surface area (Å²) in [5, 5.41) is 20.6. The van der Waals surface area contributed by atoms with Gasteiger partial charge in [-0.3, -0.25) is 0 Å². The van der Waals surface area contributed by atoms with Crippen LogP contribution in [0.25, 0.3) is 0 Å². The Morgan fingerprint density at radius 3 is 2.90 bits per heavy atom. The molecule has 0 saturated carbocycles. The number of halogens is 1. The maximum absolute atomic E-state index is 12.4. The molecule has 20 heavy (non-hydrogen) atoms. The van der Waals surface area contributed by atoms with Crippen molar-refractivity contribution in [3.05, 3.63) is 39.5 Å². The number of hydrogen-bond acceptors (Lipinski definition) is 4. The Morgan fingerprint density at radius 2 is 2.20 bits per heavy atom. The maximum atomic E-state index is 12.4. The quantitative estimate of drug-likeness (QED) is 0.822. The smallest absolute Gasteiger partial charge is 0.341 e. The van der Waals surface area contributed by atoms with Crippen LogP contribution in [0.1, 0.15) is 18.9 Å². The number of benzene rings is 1. The highest BCUT2D eigenvalue weighted by atomic mass is 35.5. The average Bonchev–Trinajstić information content (AvgIpc) is 2.75. The molecular weight excluding hydrogens is 282 g/mol. The lowest BCUT2D eigenvalue weighted by Crippen LogP contribution is -2.26. The van der Waals surface area contributed by atoms with Gasteiger partial charge >= 0.3 is 5.69 Å². The van der Waals surface area contributed by atoms with E-state index in [1.165, 1.54) is 6.07 Å². The maximum Gasteiger partial charge on any atom is 0.341 e. The van der Waals surface area contributed by atoms with E-state index in [-0.39, 0.29) is 22.9 Å². The van der Waals surface area contributed by atoms with Gasteiger partial charge in [-0.25, -0.2) is 0 Å². The molecule has 6 heteroatoms. The number of nitroso groups, excluding NO2 is 1. The summed E-state index contributed by atoms with van der Waals surface area (Å²) in [7, 11) is 0. The Bertz CT molecular complexity index is 678. The molecule has 1 aliphatic carbocycles. The number of phenols is 2. The predicted molar refractivity (Wildman–Crippen MR) is 73.5 cm³/mol. The number of ether oxygens (including phenoxy) is 1. The van der Waals surface area contributed by atoms with Crippen molar-refractivity contribution in [3.63, 3.8) is 0 Å². The molecule has 0 bridgehead atoms. The number of nitrogens with zero attached hydrogens (tertiary/aromatic N) is 1. The van der Waals surface area contributed by atoms with Gasteiger partial charge in [0.1, 0.15) is 5.75 Å². The molecule has 0 fully saturated rings. The van der Waals surface area contributed by atoms with Gasteiger partial charge < -0.3 is 14.9 Å². The second-order valence-corrected chi connectivity index (χ2v) is 5.23. The molecule has 0 saturated heterocycles. The lowest BCUT2D eigenvalue weighted by Gasteiger charge is -2.18. The summed E-state index contributed by atoms with van der Waals surface area (Å²) < 4.78 is 6.22. The van der Waals surface area contributed by atoms with Crippen LogP contribution in [0.4, 0.5) is 5.69 Å². The number of aromatic hydroxyl groups is 2. The highest BCUT2D eigenvalue weighted by Gasteiger charge is 2.45. The Morgan fingerprint density at radius 1 is 1.45 bits per heavy atom. The molecule has 0 spiro atoms. The lowest BCUT2D eigenvalue weighted by molar-refractivity contribution is -0.493. The van der Waals surface area contributed by atoms with Gasteiger partial charge in [-0.05, 0) is 6.42 Å². The van der Waals surface area contributed by atoms with E-state index in [1.54, 1.807) is 12.2 Å². The van der Waals surface area contributed by atoms with E-state index >= 15 is 0 Å². The number of allylic oxidation sites excluding steroid dienone is 2. The number of rotatable bonds is 2. The third-order valence-corrected chi connectivity index (χ3v) is 3.65. The molecule has 5 nitrogen and oxygen atoms in total. The van der Waals surface area contributed by atoms with Crippen LogP contribution in [-0.4, -0.2) is 21.0 Å². The fourth-order valence-corrected chi connectivity index (χ4v) is 2.72. The highest BCUT2D eigenvalue weighted by Crippen LogP contribution is 2.49. The van der Waals surface area contributed by atoms with Crippen molar-refractivity contribution in [2.45, 2.75) is 25.8 Å². The average molecular weight is 295 g/mol. The monoisotopic (exact) mass is 294 g/mol. The molecule has 0 radical (unpaired) electrons. The third kappa shape index (κ3) is 1.78. The van der Waals surface area contributed by atoms with E-state index in [0.29, 0.717) is 27.5 Å². The van der Waals surface area contributed by atoms with Gasteiger partial charge in [0.15, 0.2) is 5.76 Å². The Kier molecular flexibility index (Phi) is 2.94. The summed E-state index contributed by atoms with van der Waals surface area (Å²) in [4.78, 5) is 12.4. The molecule has 1 aromatic carbocycles. The van der Waals surface area contributed by atoms with E-state index in [4.69, 9.17) is 16.3 Å². The molecule has 1 aliphatic heterocycles. The largest absolute Gasteiger partial charge is 0.507 e. The minimum Gasteiger partial charge on any atom is -0.507 e. The van der Waals surface area contributed by atoms with Crippen molar-refractivity contribution in [2.75, 3.05) is 0 Å². The van der Waals surface area contributed by atoms with Crippen molar-refractivity contribution in [2.24, 2.45) is 0 Å². The zero-order valence-corrected chi connectivity index (χ0v) is 11.5. The van der Waals surface area contributed by atoms with E-state index in [2.05, 4.69) is 0 Å². The first-order valence-corrected chi connectivity index (χ1v) is 6.71. The van der Waals surface area contributed by atoms with Crippen LogP contribution in [0.2, 0.25) is 0 Å². The van der Waals surface area contributed by atoms with Crippen molar-refractivity contribution >= 4 is 17.3 Å². The normalized spacial score (nSPS) is 19.9. The van der Waals surface area contributed by atoms with Gasteiger partial charge in [0.05, 0.1) is 4.76 Å². The minimum absolute atomic E-state index is 0.0380. The van der Waals surface area contributed by atoms with Crippen LogP contribution >= 0.6 is 11.6 Å². The van der Waals surface area contributed by atoms with Crippen LogP contribution in [0, 0.1) is 4.91 Å². The van der Waals surface area contributed by atoms with Crippen molar-refractivity contribution in [3.8, 4) is 17.2 Å². The predicted octanol–water partition coefficient (Wildman–Crippen LogP) is 3.24. The standard InChI is InChI=1S/C14H12ClNO4/c1-2-3-8-10(17)6-12-13(14(8)18)16(19)9-4-7(15)5-11(9)20-12/h4-6,9H,2-3H2,1H3,(H-,17,18,19)/p+1. The van der Waals surface area contributed by atoms with Gasteiger partial charge in [0.25, 0.3) is 6.04 Å². The Balaban J connectivity index is 2.16. The van der Waals surface area contributed by atoms with Crippen LogP contribution in [-0.2, 0) is 6.42 Å². The molecule has 0 aromatic heterocycles. The molecule has 2 N–H and O–H groups in total. The second-order valence-electron chi connectivity index (χ2n) is 4.79. The van der Waals surface area contributed by atoms with E-state index in [9.17, 15) is 15.1 Å². The summed E-state index contributed by atoms with van der Waals surface area (Å²) in [6.45, 7) is 1.92. The van der Waals surface area contributed by atoms with Gasteiger partial charge in [0.2, 0.25) is 11.5 Å². The first kappa shape index (κ1) is 13.0. The fourth-order valence-electron chi connectivity index (χ4n) is 2.49. The van der Waals surface area contributed by atoms with Crippen LogP contribution in [0.15, 0.2) is 29.0 Å². The van der Waals surface area contributed by atoms with Crippen molar-refractivity contribution in [1.29, 1.82) is 0 Å². The lowest BCUT2D eigenvalue weighted by atomic mass is 10.0. The number of hydrogen-bond donors (Lipinski definition) is 2. The SMILES string of the molecule is CCCc1c(O)cc2c(c1O)[N+](=O)C1C=C(Cl)C=C1O2. The van der Waals surface area contributed by atoms with Crippen LogP contribution in [0.3, 0.4) is 0 Å². The Labute approximate surface area is 120 Å². The second kappa shape index (κ2) is 4.52. The van der Waals surface area contributed by atoms with Gasteiger partial charge in [0, 0.05) is 33.7 Å². The number of phenolic OH excluding ortho intramolecular Hbond substituents is 2. The van der Waals surface area contributed by atoms with Crippen molar-refractivity contribution < 1.29 is 19.7 Å². The molecule has 1 atom stereocenters. The van der Waals surface area contributed by atoms with E-state index in [0.717, 1.165) is 6.42 Å². The summed E-state index contributed by atoms with van der Waals surface area (Å²) >= 11 is 5.87. The number of fused-ring (bicyclic) bond motifs is 2. The Hall–Kier alpha value is -2.01. The molecular formula is C14H13ClNO4+. The zero-order valence-electron chi connectivity index (χ0n) is 10.8. The van der Waals surface area contributed by atoms with E-state index < -0.39 is 6.04 Å². The topological polar surface area (TPSA) is 69.8 Å². The minimum atomic E-state index is -0.667. The first-order chi connectivity index (χ1) is 9.52. The van der Waals surface area contributed by atoms with Gasteiger partial charge in [-0.1, -0.05) is 24.9 Å². The summed E-state index contributed by atoms with van der Waals surface area (Å²) in [5.41, 5.74) is 0.396. The van der Waals surface area contributed by atoms with Crippen molar-refractivity contribution in [1.82, 2.24) is 0 Å². The summed E-state index contributed by atoms with van der Waals surface area (Å²) in [6, 6.07) is 0.689. The van der Waals surface area contributed by atoms with Crippen LogP contribution < -0.4 is 4.74 Å². The van der Waals surface area contributed by atoms with Gasteiger partial charge in [-0.2, -0.15) is 0 Å². The third-order valence-electron chi connectivity index (χ3n) is 3.41. The molecule has 3 rings (SSSR count).